The molecule has 0 unspecified atom stereocenters. The van der Waals surface area contributed by atoms with Gasteiger partial charge in [0.2, 0.25) is 0 Å². The van der Waals surface area contributed by atoms with E-state index in [9.17, 15) is 5.11 Å². The molecule has 7 heteroatoms. The van der Waals surface area contributed by atoms with Gasteiger partial charge in [-0.25, -0.2) is 4.39 Å². The molecule has 1 N–H and O–H groups in total. The quantitative estimate of drug-likeness (QED) is 0.278. The summed E-state index contributed by atoms with van der Waals surface area (Å²) in [5, 5.41) is 16.0. The molecule has 196 valence electrons. The third kappa shape index (κ3) is 4.10. The van der Waals surface area contributed by atoms with E-state index in [-0.39, 0.29) is 17.8 Å². The SMILES string of the molecule is Cc1noc(C)c1-c1ccc2c3ncc(C(C)(C)O)cc3n([C@H](c3ccccc3F)C3CCOCC3)c2c1. The molecule has 1 atom stereocenters. The van der Waals surface area contributed by atoms with Crippen molar-refractivity contribution in [2.24, 2.45) is 5.92 Å². The number of aryl methyl sites for hydroxylation is 2. The molecular weight excluding hydrogens is 481 g/mol. The summed E-state index contributed by atoms with van der Waals surface area (Å²) in [7, 11) is 0. The van der Waals surface area contributed by atoms with E-state index in [0.717, 1.165) is 57.4 Å². The highest BCUT2D eigenvalue weighted by Gasteiger charge is 2.32. The van der Waals surface area contributed by atoms with Gasteiger partial charge in [-0.05, 0) is 70.2 Å². The lowest BCUT2D eigenvalue weighted by Crippen LogP contribution is -2.27. The second kappa shape index (κ2) is 9.33. The van der Waals surface area contributed by atoms with Crippen LogP contribution < -0.4 is 0 Å². The number of rotatable bonds is 5. The molecule has 1 aliphatic heterocycles. The number of ether oxygens (including phenoxy) is 1. The summed E-state index contributed by atoms with van der Waals surface area (Å²) >= 11 is 0. The van der Waals surface area contributed by atoms with Gasteiger partial charge in [0.1, 0.15) is 11.6 Å². The van der Waals surface area contributed by atoms with Crippen LogP contribution in [0.15, 0.2) is 59.3 Å². The molecule has 3 aromatic heterocycles. The van der Waals surface area contributed by atoms with Crippen LogP contribution in [0.4, 0.5) is 4.39 Å². The first kappa shape index (κ1) is 24.8. The summed E-state index contributed by atoms with van der Waals surface area (Å²) in [6, 6.07) is 15.1. The summed E-state index contributed by atoms with van der Waals surface area (Å²) in [5.74, 6) is 0.683. The van der Waals surface area contributed by atoms with Crippen LogP contribution >= 0.6 is 0 Å². The van der Waals surface area contributed by atoms with Crippen LogP contribution in [0.3, 0.4) is 0 Å². The highest BCUT2D eigenvalue weighted by atomic mass is 19.1. The van der Waals surface area contributed by atoms with Gasteiger partial charge in [0.05, 0.1) is 33.9 Å². The Kier molecular flexibility index (Phi) is 6.08. The van der Waals surface area contributed by atoms with Gasteiger partial charge >= 0.3 is 0 Å². The molecule has 0 bridgehead atoms. The number of nitrogens with zero attached hydrogens (tertiary/aromatic N) is 3. The standard InChI is InChI=1S/C31H32FN3O3/c1-18-28(19(2)38-34-18)21-9-10-24-26(15-21)35(27-16-22(31(3,4)36)17-33-29(24)27)30(20-11-13-37-14-12-20)23-7-5-6-8-25(23)32/h5-10,15-17,20,30,36H,11-14H2,1-4H3/t30-/m0/s1. The maximum absolute atomic E-state index is 15.5. The van der Waals surface area contributed by atoms with Gasteiger partial charge in [-0.15, -0.1) is 0 Å². The Bertz CT molecular complexity index is 1620. The van der Waals surface area contributed by atoms with Crippen molar-refractivity contribution in [3.63, 3.8) is 0 Å². The fraction of sp³-hybridized carbons (Fsp3) is 0.355. The third-order valence-electron chi connectivity index (χ3n) is 7.88. The minimum atomic E-state index is -1.07. The van der Waals surface area contributed by atoms with Gasteiger partial charge in [-0.3, -0.25) is 4.98 Å². The average molecular weight is 514 g/mol. The summed E-state index contributed by atoms with van der Waals surface area (Å²) in [6.07, 6.45) is 3.38. The van der Waals surface area contributed by atoms with Crippen molar-refractivity contribution < 1.29 is 18.8 Å². The number of hydrogen-bond acceptors (Lipinski definition) is 5. The topological polar surface area (TPSA) is 73.3 Å². The molecule has 1 aliphatic rings. The number of aromatic nitrogens is 3. The summed E-state index contributed by atoms with van der Waals surface area (Å²) in [6.45, 7) is 8.65. The van der Waals surface area contributed by atoms with Crippen molar-refractivity contribution >= 4 is 21.9 Å². The Hall–Kier alpha value is -3.55. The second-order valence-corrected chi connectivity index (χ2v) is 10.9. The van der Waals surface area contributed by atoms with Crippen LogP contribution in [0, 0.1) is 25.6 Å². The maximum Gasteiger partial charge on any atom is 0.141 e. The Morgan fingerprint density at radius 2 is 1.82 bits per heavy atom. The van der Waals surface area contributed by atoms with Crippen molar-refractivity contribution in [1.29, 1.82) is 0 Å². The lowest BCUT2D eigenvalue weighted by atomic mass is 9.86. The molecule has 0 radical (unpaired) electrons. The van der Waals surface area contributed by atoms with E-state index in [2.05, 4.69) is 27.9 Å². The lowest BCUT2D eigenvalue weighted by Gasteiger charge is -2.33. The Morgan fingerprint density at radius 1 is 1.05 bits per heavy atom. The molecule has 6 rings (SSSR count). The molecule has 38 heavy (non-hydrogen) atoms. The highest BCUT2D eigenvalue weighted by molar-refractivity contribution is 6.07. The number of pyridine rings is 1. The van der Waals surface area contributed by atoms with Crippen molar-refractivity contribution in [1.82, 2.24) is 14.7 Å². The first-order chi connectivity index (χ1) is 18.2. The van der Waals surface area contributed by atoms with Crippen LogP contribution in [0.2, 0.25) is 0 Å². The van der Waals surface area contributed by atoms with E-state index in [1.807, 2.05) is 32.0 Å². The minimum absolute atomic E-state index is 0.160. The fourth-order valence-corrected chi connectivity index (χ4v) is 5.94. The molecule has 5 aromatic rings. The van der Waals surface area contributed by atoms with Gasteiger partial charge in [-0.2, -0.15) is 0 Å². The predicted octanol–water partition coefficient (Wildman–Crippen LogP) is 6.84. The van der Waals surface area contributed by atoms with Gasteiger partial charge in [0, 0.05) is 41.5 Å². The van der Waals surface area contributed by atoms with Crippen molar-refractivity contribution in [3.05, 3.63) is 83.1 Å². The van der Waals surface area contributed by atoms with Gasteiger partial charge in [-0.1, -0.05) is 35.5 Å². The Morgan fingerprint density at radius 3 is 2.50 bits per heavy atom. The third-order valence-corrected chi connectivity index (χ3v) is 7.88. The molecule has 2 aromatic carbocycles. The summed E-state index contributed by atoms with van der Waals surface area (Å²) < 4.78 is 29.0. The average Bonchev–Trinajstić information content (AvgIpc) is 3.41. The van der Waals surface area contributed by atoms with Crippen LogP contribution in [-0.2, 0) is 10.3 Å². The number of halogens is 1. The van der Waals surface area contributed by atoms with Crippen molar-refractivity contribution in [2.45, 2.75) is 52.2 Å². The highest BCUT2D eigenvalue weighted by Crippen LogP contribution is 2.43. The second-order valence-electron chi connectivity index (χ2n) is 10.9. The van der Waals surface area contributed by atoms with Gasteiger partial charge in [0.15, 0.2) is 0 Å². The smallest absolute Gasteiger partial charge is 0.141 e. The van der Waals surface area contributed by atoms with E-state index in [4.69, 9.17) is 14.2 Å². The zero-order chi connectivity index (χ0) is 26.6. The number of fused-ring (bicyclic) bond motifs is 3. The lowest BCUT2D eigenvalue weighted by molar-refractivity contribution is 0.0548. The molecule has 6 nitrogen and oxygen atoms in total. The number of hydrogen-bond donors (Lipinski definition) is 1. The summed E-state index contributed by atoms with van der Waals surface area (Å²) in [4.78, 5) is 4.84. The molecule has 4 heterocycles. The van der Waals surface area contributed by atoms with Crippen LogP contribution in [-0.4, -0.2) is 33.0 Å². The summed E-state index contributed by atoms with van der Waals surface area (Å²) in [5.41, 5.74) is 5.70. The Balaban J connectivity index is 1.71. The predicted molar refractivity (Wildman–Crippen MR) is 146 cm³/mol. The van der Waals surface area contributed by atoms with Crippen LogP contribution in [0.1, 0.15) is 55.3 Å². The maximum atomic E-state index is 15.5. The van der Waals surface area contributed by atoms with Crippen molar-refractivity contribution in [2.75, 3.05) is 13.2 Å². The van der Waals surface area contributed by atoms with E-state index >= 15 is 4.39 Å². The van der Waals surface area contributed by atoms with Gasteiger partial charge < -0.3 is 18.9 Å². The van der Waals surface area contributed by atoms with E-state index in [1.165, 1.54) is 6.07 Å². The number of benzene rings is 2. The zero-order valence-electron chi connectivity index (χ0n) is 22.2. The van der Waals surface area contributed by atoms with Crippen LogP contribution in [0.5, 0.6) is 0 Å². The largest absolute Gasteiger partial charge is 0.386 e. The molecule has 0 spiro atoms. The normalized spacial score (nSPS) is 15.9. The van der Waals surface area contributed by atoms with Crippen molar-refractivity contribution in [3.8, 4) is 11.1 Å². The molecule has 0 saturated carbocycles. The van der Waals surface area contributed by atoms with Crippen LogP contribution in [0.25, 0.3) is 33.1 Å². The number of aliphatic hydroxyl groups is 1. The van der Waals surface area contributed by atoms with E-state index in [0.29, 0.717) is 24.3 Å². The fourth-order valence-electron chi connectivity index (χ4n) is 5.94. The minimum Gasteiger partial charge on any atom is -0.386 e. The first-order valence-electron chi connectivity index (χ1n) is 13.2. The molecular formula is C31H32FN3O3. The first-order valence-corrected chi connectivity index (χ1v) is 13.2. The zero-order valence-corrected chi connectivity index (χ0v) is 22.2. The molecule has 0 aliphatic carbocycles. The van der Waals surface area contributed by atoms with Gasteiger partial charge in [0.25, 0.3) is 0 Å². The molecule has 0 amide bonds. The monoisotopic (exact) mass is 513 g/mol. The Labute approximate surface area is 221 Å². The van der Waals surface area contributed by atoms with E-state index in [1.54, 1.807) is 26.1 Å². The molecule has 1 fully saturated rings. The van der Waals surface area contributed by atoms with E-state index < -0.39 is 5.60 Å². The molecule has 1 saturated heterocycles.